The minimum atomic E-state index is -3.25. The summed E-state index contributed by atoms with van der Waals surface area (Å²) in [5.74, 6) is -0.139. The van der Waals surface area contributed by atoms with Gasteiger partial charge in [0, 0.05) is 25.0 Å². The first-order chi connectivity index (χ1) is 14.3. The van der Waals surface area contributed by atoms with E-state index in [2.05, 4.69) is 4.72 Å². The Morgan fingerprint density at radius 2 is 1.87 bits per heavy atom. The second-order valence-electron chi connectivity index (χ2n) is 8.39. The van der Waals surface area contributed by atoms with Crippen LogP contribution in [0.5, 0.6) is 0 Å². The Morgan fingerprint density at radius 1 is 1.10 bits per heavy atom. The van der Waals surface area contributed by atoms with Crippen LogP contribution in [0.3, 0.4) is 0 Å². The lowest BCUT2D eigenvalue weighted by Gasteiger charge is -2.21. The fourth-order valence-corrected chi connectivity index (χ4v) is 5.34. The molecule has 5 nitrogen and oxygen atoms in total. The van der Waals surface area contributed by atoms with Crippen molar-refractivity contribution in [3.8, 4) is 11.1 Å². The molecule has 3 atom stereocenters. The molecule has 160 valence electrons. The van der Waals surface area contributed by atoms with E-state index in [0.29, 0.717) is 19.5 Å². The minimum Gasteiger partial charge on any atom is -0.342 e. The van der Waals surface area contributed by atoms with Gasteiger partial charge in [-0.05, 0) is 60.4 Å². The smallest absolute Gasteiger partial charge is 0.226 e. The quantitative estimate of drug-likeness (QED) is 0.789. The lowest BCUT2D eigenvalue weighted by atomic mass is 9.95. The van der Waals surface area contributed by atoms with E-state index in [1.165, 1.54) is 12.3 Å². The predicted molar refractivity (Wildman–Crippen MR) is 115 cm³/mol. The number of nitrogens with zero attached hydrogens (tertiary/aromatic N) is 1. The van der Waals surface area contributed by atoms with Gasteiger partial charge in [-0.3, -0.25) is 4.79 Å². The zero-order valence-electron chi connectivity index (χ0n) is 17.1. The SMILES string of the molecule is CS(=O)(=O)N[C@@H]1CCCN(C(=O)[C@@H]2C[C@H]2c2ccc(F)cc2-c2ccccc2)CC1. The minimum absolute atomic E-state index is 0.0858. The highest BCUT2D eigenvalue weighted by molar-refractivity contribution is 7.88. The monoisotopic (exact) mass is 430 g/mol. The van der Waals surface area contributed by atoms with Gasteiger partial charge in [-0.25, -0.2) is 17.5 Å². The van der Waals surface area contributed by atoms with Gasteiger partial charge >= 0.3 is 0 Å². The molecule has 2 aromatic rings. The Hall–Kier alpha value is -2.25. The van der Waals surface area contributed by atoms with Crippen LogP contribution in [0.2, 0.25) is 0 Å². The zero-order chi connectivity index (χ0) is 21.3. The van der Waals surface area contributed by atoms with Gasteiger partial charge < -0.3 is 4.90 Å². The highest BCUT2D eigenvalue weighted by Crippen LogP contribution is 2.51. The van der Waals surface area contributed by atoms with Gasteiger partial charge in [0.05, 0.1) is 6.26 Å². The normalized spacial score (nSPS) is 24.3. The molecule has 0 spiro atoms. The first kappa shape index (κ1) is 21.0. The van der Waals surface area contributed by atoms with Crippen molar-refractivity contribution >= 4 is 15.9 Å². The molecule has 0 aromatic heterocycles. The van der Waals surface area contributed by atoms with Gasteiger partial charge in [0.1, 0.15) is 5.82 Å². The molecular weight excluding hydrogens is 403 g/mol. The van der Waals surface area contributed by atoms with Crippen molar-refractivity contribution in [1.29, 1.82) is 0 Å². The maximum Gasteiger partial charge on any atom is 0.226 e. The Balaban J connectivity index is 1.46. The topological polar surface area (TPSA) is 66.5 Å². The number of nitrogens with one attached hydrogen (secondary N) is 1. The summed E-state index contributed by atoms with van der Waals surface area (Å²) < 4.78 is 39.6. The van der Waals surface area contributed by atoms with E-state index in [1.807, 2.05) is 41.3 Å². The van der Waals surface area contributed by atoms with Crippen LogP contribution in [0.1, 0.15) is 37.2 Å². The average Bonchev–Trinajstić information content (AvgIpc) is 3.51. The molecule has 1 saturated carbocycles. The molecule has 2 aromatic carbocycles. The maximum atomic E-state index is 13.9. The van der Waals surface area contributed by atoms with Gasteiger partial charge in [-0.1, -0.05) is 36.4 Å². The molecular formula is C23H27FN2O3S. The Kier molecular flexibility index (Phi) is 5.93. The van der Waals surface area contributed by atoms with E-state index in [4.69, 9.17) is 0 Å². The number of carbonyl (C=O) groups excluding carboxylic acids is 1. The fourth-order valence-electron chi connectivity index (χ4n) is 4.50. The number of amides is 1. The summed E-state index contributed by atoms with van der Waals surface area (Å²) >= 11 is 0. The molecule has 1 amide bonds. The third kappa shape index (κ3) is 4.90. The summed E-state index contributed by atoms with van der Waals surface area (Å²) in [6.07, 6.45) is 4.08. The van der Waals surface area contributed by atoms with Crippen molar-refractivity contribution in [3.05, 3.63) is 59.9 Å². The standard InChI is InChI=1S/C23H27FN2O3S/c1-30(28,29)25-18-8-5-12-26(13-11-18)23(27)22-15-21(22)19-10-9-17(24)14-20(19)16-6-3-2-4-7-16/h2-4,6-7,9-10,14,18,21-22,25H,5,8,11-13,15H2,1H3/t18-,21+,22-/m1/s1. The van der Waals surface area contributed by atoms with Crippen LogP contribution < -0.4 is 4.72 Å². The number of halogens is 1. The number of hydrogen-bond donors (Lipinski definition) is 1. The van der Waals surface area contributed by atoms with Crippen molar-refractivity contribution < 1.29 is 17.6 Å². The van der Waals surface area contributed by atoms with E-state index in [-0.39, 0.29) is 29.6 Å². The van der Waals surface area contributed by atoms with Crippen LogP contribution in [-0.2, 0) is 14.8 Å². The summed E-state index contributed by atoms with van der Waals surface area (Å²) in [7, 11) is -3.25. The Labute approximate surface area is 177 Å². The average molecular weight is 431 g/mol. The molecule has 1 heterocycles. The lowest BCUT2D eigenvalue weighted by molar-refractivity contribution is -0.132. The molecule has 0 bridgehead atoms. The summed E-state index contributed by atoms with van der Waals surface area (Å²) in [6.45, 7) is 1.21. The zero-order valence-corrected chi connectivity index (χ0v) is 17.9. The first-order valence-corrected chi connectivity index (χ1v) is 12.3. The molecule has 30 heavy (non-hydrogen) atoms. The van der Waals surface area contributed by atoms with E-state index in [0.717, 1.165) is 36.0 Å². The first-order valence-electron chi connectivity index (χ1n) is 10.4. The molecule has 4 rings (SSSR count). The van der Waals surface area contributed by atoms with E-state index in [1.54, 1.807) is 6.07 Å². The van der Waals surface area contributed by atoms with Crippen LogP contribution in [0.25, 0.3) is 11.1 Å². The summed E-state index contributed by atoms with van der Waals surface area (Å²) in [4.78, 5) is 15.0. The number of rotatable bonds is 5. The maximum absolute atomic E-state index is 13.9. The third-order valence-electron chi connectivity index (χ3n) is 6.03. The van der Waals surface area contributed by atoms with Crippen LogP contribution in [0.4, 0.5) is 4.39 Å². The van der Waals surface area contributed by atoms with Crippen LogP contribution in [-0.4, -0.2) is 44.6 Å². The number of benzene rings is 2. The number of hydrogen-bond acceptors (Lipinski definition) is 3. The molecule has 2 fully saturated rings. The third-order valence-corrected chi connectivity index (χ3v) is 6.79. The molecule has 1 N–H and O–H groups in total. The van der Waals surface area contributed by atoms with E-state index < -0.39 is 10.0 Å². The highest BCUT2D eigenvalue weighted by atomic mass is 32.2. The number of carbonyl (C=O) groups is 1. The number of likely N-dealkylation sites (tertiary alicyclic amines) is 1. The van der Waals surface area contributed by atoms with Crippen molar-refractivity contribution in [2.24, 2.45) is 5.92 Å². The molecule has 1 aliphatic carbocycles. The summed E-state index contributed by atoms with van der Waals surface area (Å²) in [5, 5.41) is 0. The fraction of sp³-hybridized carbons (Fsp3) is 0.435. The van der Waals surface area contributed by atoms with Crippen molar-refractivity contribution in [2.75, 3.05) is 19.3 Å². The lowest BCUT2D eigenvalue weighted by Crippen LogP contribution is -2.36. The van der Waals surface area contributed by atoms with Gasteiger partial charge in [0.2, 0.25) is 15.9 Å². The highest BCUT2D eigenvalue weighted by Gasteiger charge is 2.46. The van der Waals surface area contributed by atoms with E-state index >= 15 is 0 Å². The summed E-state index contributed by atoms with van der Waals surface area (Å²) in [6, 6.07) is 14.4. The second kappa shape index (κ2) is 8.47. The van der Waals surface area contributed by atoms with Crippen molar-refractivity contribution in [2.45, 2.75) is 37.6 Å². The number of sulfonamides is 1. The van der Waals surface area contributed by atoms with Crippen molar-refractivity contribution in [3.63, 3.8) is 0 Å². The summed E-state index contributed by atoms with van der Waals surface area (Å²) in [5.41, 5.74) is 2.83. The van der Waals surface area contributed by atoms with Crippen LogP contribution in [0.15, 0.2) is 48.5 Å². The predicted octanol–water partition coefficient (Wildman–Crippen LogP) is 3.53. The Bertz CT molecular complexity index is 1030. The van der Waals surface area contributed by atoms with Gasteiger partial charge in [-0.2, -0.15) is 0 Å². The Morgan fingerprint density at radius 3 is 2.60 bits per heavy atom. The molecule has 0 radical (unpaired) electrons. The van der Waals surface area contributed by atoms with Crippen LogP contribution >= 0.6 is 0 Å². The molecule has 2 aliphatic rings. The van der Waals surface area contributed by atoms with Gasteiger partial charge in [0.25, 0.3) is 0 Å². The molecule has 0 unspecified atom stereocenters. The molecule has 1 aliphatic heterocycles. The van der Waals surface area contributed by atoms with Crippen LogP contribution in [0, 0.1) is 11.7 Å². The molecule has 7 heteroatoms. The van der Waals surface area contributed by atoms with Crippen molar-refractivity contribution in [1.82, 2.24) is 9.62 Å². The molecule has 1 saturated heterocycles. The van der Waals surface area contributed by atoms with Gasteiger partial charge in [0.15, 0.2) is 0 Å². The van der Waals surface area contributed by atoms with E-state index in [9.17, 15) is 17.6 Å². The second-order valence-corrected chi connectivity index (χ2v) is 10.2. The largest absolute Gasteiger partial charge is 0.342 e. The van der Waals surface area contributed by atoms with Gasteiger partial charge in [-0.15, -0.1) is 0 Å².